The molecule has 0 aliphatic carbocycles. The third-order valence-electron chi connectivity index (χ3n) is 3.37. The molecule has 0 spiro atoms. The largest absolute Gasteiger partial charge is 0.463 e. The molecule has 24 heavy (non-hydrogen) atoms. The first-order chi connectivity index (χ1) is 11.4. The van der Waals surface area contributed by atoms with E-state index in [0.29, 0.717) is 16.5 Å². The van der Waals surface area contributed by atoms with Crippen LogP contribution in [0.3, 0.4) is 0 Å². The van der Waals surface area contributed by atoms with Crippen molar-refractivity contribution >= 4 is 35.6 Å². The van der Waals surface area contributed by atoms with E-state index in [1.807, 2.05) is 12.1 Å². The number of benzene rings is 1. The van der Waals surface area contributed by atoms with Crippen molar-refractivity contribution in [3.63, 3.8) is 0 Å². The molecule has 0 radical (unpaired) electrons. The molecule has 122 valence electrons. The Labute approximate surface area is 141 Å². The molecule has 3 rings (SSSR count). The van der Waals surface area contributed by atoms with Gasteiger partial charge in [0, 0.05) is 23.7 Å². The minimum atomic E-state index is -1.39. The molecular weight excluding hydrogens is 334 g/mol. The molecule has 2 N–H and O–H groups in total. The van der Waals surface area contributed by atoms with Crippen LogP contribution in [0.15, 0.2) is 51.5 Å². The first kappa shape index (κ1) is 15.8. The molecular formula is C16H12ClN3O4. The first-order valence-electron chi connectivity index (χ1n) is 6.88. The normalized spacial score (nSPS) is 17.6. The Morgan fingerprint density at radius 1 is 1.29 bits per heavy atom. The SMILES string of the molecule is CN1C(=NC(=O)O)NC(=O)/C1=C\c1ccc(-c2ccc(Cl)cc2)o1. The summed E-state index contributed by atoms with van der Waals surface area (Å²) in [6, 6.07) is 10.6. The summed E-state index contributed by atoms with van der Waals surface area (Å²) in [6.07, 6.45) is 0.125. The van der Waals surface area contributed by atoms with Crippen molar-refractivity contribution in [2.75, 3.05) is 7.05 Å². The molecule has 0 bridgehead atoms. The highest BCUT2D eigenvalue weighted by Crippen LogP contribution is 2.25. The monoisotopic (exact) mass is 345 g/mol. The summed E-state index contributed by atoms with van der Waals surface area (Å²) >= 11 is 5.86. The molecule has 7 nitrogen and oxygen atoms in total. The molecule has 1 aromatic heterocycles. The molecule has 1 saturated heterocycles. The van der Waals surface area contributed by atoms with Gasteiger partial charge >= 0.3 is 6.09 Å². The van der Waals surface area contributed by atoms with Crippen LogP contribution in [0, 0.1) is 0 Å². The Balaban J connectivity index is 1.88. The molecule has 0 saturated carbocycles. The predicted octanol–water partition coefficient (Wildman–Crippen LogP) is 3.04. The van der Waals surface area contributed by atoms with Crippen molar-refractivity contribution in [1.29, 1.82) is 0 Å². The number of carbonyl (C=O) groups is 2. The van der Waals surface area contributed by atoms with Gasteiger partial charge in [0.05, 0.1) is 0 Å². The van der Waals surface area contributed by atoms with Gasteiger partial charge in [-0.3, -0.25) is 10.1 Å². The van der Waals surface area contributed by atoms with Crippen molar-refractivity contribution in [2.45, 2.75) is 0 Å². The Hall–Kier alpha value is -3.06. The summed E-state index contributed by atoms with van der Waals surface area (Å²) in [5, 5.41) is 11.7. The van der Waals surface area contributed by atoms with Crippen LogP contribution in [0.2, 0.25) is 5.02 Å². The van der Waals surface area contributed by atoms with E-state index in [0.717, 1.165) is 5.56 Å². The second kappa shape index (κ2) is 6.21. The van der Waals surface area contributed by atoms with Crippen molar-refractivity contribution in [3.8, 4) is 11.3 Å². The molecule has 2 aromatic rings. The summed E-state index contributed by atoms with van der Waals surface area (Å²) in [4.78, 5) is 27.2. The molecule has 8 heteroatoms. The highest BCUT2D eigenvalue weighted by atomic mass is 35.5. The van der Waals surface area contributed by atoms with Gasteiger partial charge < -0.3 is 14.4 Å². The van der Waals surface area contributed by atoms with Crippen LogP contribution in [0.5, 0.6) is 0 Å². The fraction of sp³-hybridized carbons (Fsp3) is 0.0625. The molecule has 2 heterocycles. The average molecular weight is 346 g/mol. The zero-order valence-electron chi connectivity index (χ0n) is 12.5. The van der Waals surface area contributed by atoms with Crippen molar-refractivity contribution < 1.29 is 19.1 Å². The lowest BCUT2D eigenvalue weighted by Gasteiger charge is -2.09. The minimum absolute atomic E-state index is 0.0526. The molecule has 0 atom stereocenters. The van der Waals surface area contributed by atoms with Gasteiger partial charge in [-0.1, -0.05) is 11.6 Å². The molecule has 0 unspecified atom stereocenters. The van der Waals surface area contributed by atoms with Crippen LogP contribution >= 0.6 is 11.6 Å². The Morgan fingerprint density at radius 3 is 2.67 bits per heavy atom. The lowest BCUT2D eigenvalue weighted by Crippen LogP contribution is -2.27. The quantitative estimate of drug-likeness (QED) is 0.816. The second-order valence-corrected chi connectivity index (χ2v) is 5.41. The number of likely N-dealkylation sites (N-methyl/N-ethyl adjacent to an activating group) is 1. The van der Waals surface area contributed by atoms with Crippen LogP contribution in [0.1, 0.15) is 5.76 Å². The number of nitrogens with one attached hydrogen (secondary N) is 1. The smallest absolute Gasteiger partial charge is 0.434 e. The molecule has 1 aliphatic heterocycles. The zero-order chi connectivity index (χ0) is 17.3. The molecule has 1 aromatic carbocycles. The number of carbonyl (C=O) groups excluding carboxylic acids is 1. The van der Waals surface area contributed by atoms with Crippen LogP contribution in [0.4, 0.5) is 4.79 Å². The summed E-state index contributed by atoms with van der Waals surface area (Å²) in [5.41, 5.74) is 1.08. The summed E-state index contributed by atoms with van der Waals surface area (Å²) in [5.74, 6) is 0.567. The van der Waals surface area contributed by atoms with Crippen molar-refractivity contribution in [2.24, 2.45) is 4.99 Å². The molecule has 1 fully saturated rings. The molecule has 1 aliphatic rings. The number of furan rings is 1. The lowest BCUT2D eigenvalue weighted by molar-refractivity contribution is -0.115. The van der Waals surface area contributed by atoms with Gasteiger partial charge in [0.15, 0.2) is 0 Å². The Morgan fingerprint density at radius 2 is 2.00 bits per heavy atom. The van der Waals surface area contributed by atoms with Gasteiger partial charge in [-0.2, -0.15) is 0 Å². The van der Waals surface area contributed by atoms with E-state index in [2.05, 4.69) is 10.3 Å². The third kappa shape index (κ3) is 3.16. The number of carboxylic acid groups (broad SMARTS) is 1. The van der Waals surface area contributed by atoms with Gasteiger partial charge in [0.25, 0.3) is 5.91 Å². The van der Waals surface area contributed by atoms with E-state index in [1.165, 1.54) is 18.0 Å². The number of hydrogen-bond donors (Lipinski definition) is 2. The molecule has 2 amide bonds. The second-order valence-electron chi connectivity index (χ2n) is 4.97. The van der Waals surface area contributed by atoms with E-state index < -0.39 is 12.0 Å². The highest BCUT2D eigenvalue weighted by Gasteiger charge is 2.29. The van der Waals surface area contributed by atoms with Gasteiger partial charge in [-0.15, -0.1) is 4.99 Å². The maximum Gasteiger partial charge on any atom is 0.434 e. The Bertz CT molecular complexity index is 868. The maximum atomic E-state index is 11.9. The topological polar surface area (TPSA) is 95.1 Å². The number of guanidine groups is 1. The zero-order valence-corrected chi connectivity index (χ0v) is 13.2. The summed E-state index contributed by atoms with van der Waals surface area (Å²) in [7, 11) is 1.54. The minimum Gasteiger partial charge on any atom is -0.463 e. The van der Waals surface area contributed by atoms with E-state index >= 15 is 0 Å². The van der Waals surface area contributed by atoms with Crippen LogP contribution < -0.4 is 5.32 Å². The standard InChI is InChI=1S/C16H12ClN3O4/c1-20-12(14(21)18-15(20)19-16(22)23)8-11-6-7-13(24-11)9-2-4-10(17)5-3-9/h2-8H,1H3,(H,22,23)(H,18,19,21)/b12-8+. The predicted molar refractivity (Wildman–Crippen MR) is 88.5 cm³/mol. The number of amides is 2. The van der Waals surface area contributed by atoms with Gasteiger partial charge in [-0.05, 0) is 36.4 Å². The summed E-state index contributed by atoms with van der Waals surface area (Å²) < 4.78 is 5.70. The number of nitrogens with zero attached hydrogens (tertiary/aromatic N) is 2. The van der Waals surface area contributed by atoms with E-state index in [4.69, 9.17) is 21.1 Å². The number of rotatable bonds is 2. The first-order valence-corrected chi connectivity index (χ1v) is 7.26. The van der Waals surface area contributed by atoms with E-state index in [9.17, 15) is 9.59 Å². The maximum absolute atomic E-state index is 11.9. The van der Waals surface area contributed by atoms with Gasteiger partial charge in [-0.25, -0.2) is 4.79 Å². The highest BCUT2D eigenvalue weighted by molar-refractivity contribution is 6.30. The third-order valence-corrected chi connectivity index (χ3v) is 3.63. The Kier molecular flexibility index (Phi) is 4.09. The fourth-order valence-electron chi connectivity index (χ4n) is 2.21. The summed E-state index contributed by atoms with van der Waals surface area (Å²) in [6.45, 7) is 0. The van der Waals surface area contributed by atoms with Crippen molar-refractivity contribution in [3.05, 3.63) is 52.9 Å². The number of hydrogen-bond acceptors (Lipinski definition) is 3. The van der Waals surface area contributed by atoms with E-state index in [-0.39, 0.29) is 11.7 Å². The van der Waals surface area contributed by atoms with Gasteiger partial charge in [0.2, 0.25) is 5.96 Å². The van der Waals surface area contributed by atoms with E-state index in [1.54, 1.807) is 24.3 Å². The van der Waals surface area contributed by atoms with Crippen LogP contribution in [-0.2, 0) is 4.79 Å². The van der Waals surface area contributed by atoms with Crippen molar-refractivity contribution in [1.82, 2.24) is 10.2 Å². The fourth-order valence-corrected chi connectivity index (χ4v) is 2.33. The number of aliphatic imine (C=N–C) groups is 1. The number of halogens is 1. The average Bonchev–Trinajstić information content (AvgIpc) is 3.09. The van der Waals surface area contributed by atoms with Crippen LogP contribution in [-0.4, -0.2) is 35.0 Å². The lowest BCUT2D eigenvalue weighted by atomic mass is 10.2. The van der Waals surface area contributed by atoms with Crippen LogP contribution in [0.25, 0.3) is 17.4 Å². The van der Waals surface area contributed by atoms with Gasteiger partial charge in [0.1, 0.15) is 17.2 Å².